The first-order valence-electron chi connectivity index (χ1n) is 6.31. The molecular weight excluding hydrogens is 268 g/mol. The molecule has 1 fully saturated rings. The molecule has 1 N–H and O–H groups in total. The summed E-state index contributed by atoms with van der Waals surface area (Å²) in [5.74, 6) is -0.00610. The molecule has 0 aromatic heterocycles. The van der Waals surface area contributed by atoms with Gasteiger partial charge >= 0.3 is 5.97 Å². The van der Waals surface area contributed by atoms with Crippen LogP contribution in [0.2, 0.25) is 0 Å². The van der Waals surface area contributed by atoms with Crippen molar-refractivity contribution >= 4 is 28.9 Å². The second-order valence-corrected chi connectivity index (χ2v) is 5.69. The average molecular weight is 288 g/mol. The molecule has 7 heteroatoms. The molecular formula is C12H20N2O4S. The number of carbonyl (C=O) groups is 3. The molecule has 0 aromatic rings. The minimum Gasteiger partial charge on any atom is -0.452 e. The van der Waals surface area contributed by atoms with E-state index in [1.54, 1.807) is 4.90 Å². The van der Waals surface area contributed by atoms with Crippen molar-refractivity contribution in [1.29, 1.82) is 0 Å². The smallest absolute Gasteiger partial charge is 0.308 e. The van der Waals surface area contributed by atoms with Crippen molar-refractivity contribution in [2.45, 2.75) is 39.3 Å². The summed E-state index contributed by atoms with van der Waals surface area (Å²) in [6, 6.07) is 0.00731. The Morgan fingerprint density at radius 3 is 2.63 bits per heavy atom. The number of amides is 2. The summed E-state index contributed by atoms with van der Waals surface area (Å²) in [4.78, 5) is 36.0. The van der Waals surface area contributed by atoms with Crippen molar-refractivity contribution in [3.63, 3.8) is 0 Å². The van der Waals surface area contributed by atoms with Crippen molar-refractivity contribution in [2.75, 3.05) is 18.8 Å². The molecule has 108 valence electrons. The zero-order valence-corrected chi connectivity index (χ0v) is 12.3. The van der Waals surface area contributed by atoms with E-state index >= 15 is 0 Å². The van der Waals surface area contributed by atoms with Crippen LogP contribution in [0.1, 0.15) is 27.2 Å². The van der Waals surface area contributed by atoms with Crippen molar-refractivity contribution in [3.05, 3.63) is 0 Å². The summed E-state index contributed by atoms with van der Waals surface area (Å²) >= 11 is 1.25. The third-order valence-corrected chi connectivity index (χ3v) is 3.43. The van der Waals surface area contributed by atoms with E-state index in [0.29, 0.717) is 13.1 Å². The molecule has 1 aliphatic heterocycles. The van der Waals surface area contributed by atoms with Crippen LogP contribution in [0.3, 0.4) is 0 Å². The van der Waals surface area contributed by atoms with E-state index in [2.05, 4.69) is 5.32 Å². The maximum atomic E-state index is 11.6. The van der Waals surface area contributed by atoms with Crippen LogP contribution in [0.25, 0.3) is 0 Å². The Hall–Kier alpha value is -1.24. The molecule has 0 spiro atoms. The lowest BCUT2D eigenvalue weighted by Gasteiger charge is -2.17. The van der Waals surface area contributed by atoms with Gasteiger partial charge in [-0.3, -0.25) is 14.4 Å². The van der Waals surface area contributed by atoms with Crippen LogP contribution in [0.4, 0.5) is 4.79 Å². The molecule has 0 bridgehead atoms. The quantitative estimate of drug-likeness (QED) is 0.738. The Morgan fingerprint density at radius 1 is 1.42 bits per heavy atom. The molecule has 1 saturated heterocycles. The lowest BCUT2D eigenvalue weighted by molar-refractivity contribution is -0.155. The second-order valence-electron chi connectivity index (χ2n) is 4.65. The van der Waals surface area contributed by atoms with Crippen LogP contribution >= 0.6 is 11.8 Å². The van der Waals surface area contributed by atoms with Gasteiger partial charge in [0, 0.05) is 24.9 Å². The lowest BCUT2D eigenvalue weighted by atomic mass is 10.3. The first-order valence-corrected chi connectivity index (χ1v) is 7.30. The summed E-state index contributed by atoms with van der Waals surface area (Å²) < 4.78 is 5.01. The average Bonchev–Trinajstić information content (AvgIpc) is 2.71. The summed E-state index contributed by atoms with van der Waals surface area (Å²) in [5.41, 5.74) is 0. The van der Waals surface area contributed by atoms with Crippen LogP contribution in [0.15, 0.2) is 0 Å². The van der Waals surface area contributed by atoms with Gasteiger partial charge in [-0.05, 0) is 20.8 Å². The van der Waals surface area contributed by atoms with E-state index in [1.807, 2.05) is 13.8 Å². The van der Waals surface area contributed by atoms with Crippen LogP contribution in [-0.4, -0.2) is 53.0 Å². The van der Waals surface area contributed by atoms with E-state index in [-0.39, 0.29) is 23.6 Å². The first-order chi connectivity index (χ1) is 8.90. The molecule has 1 heterocycles. The Bertz CT molecular complexity index is 360. The highest BCUT2D eigenvalue weighted by atomic mass is 32.2. The third kappa shape index (κ3) is 5.50. The van der Waals surface area contributed by atoms with Crippen molar-refractivity contribution in [2.24, 2.45) is 0 Å². The lowest BCUT2D eigenvalue weighted by Crippen LogP contribution is -2.39. The molecule has 19 heavy (non-hydrogen) atoms. The van der Waals surface area contributed by atoms with Crippen LogP contribution in [-0.2, 0) is 14.3 Å². The number of nitrogens with one attached hydrogen (secondary N) is 1. The number of hydrogen-bond donors (Lipinski definition) is 1. The minimum atomic E-state index is -0.807. The van der Waals surface area contributed by atoms with Crippen LogP contribution in [0, 0.1) is 0 Å². The highest BCUT2D eigenvalue weighted by molar-refractivity contribution is 8.13. The summed E-state index contributed by atoms with van der Waals surface area (Å²) in [5, 5.41) is 2.67. The zero-order valence-electron chi connectivity index (χ0n) is 11.5. The van der Waals surface area contributed by atoms with E-state index in [0.717, 1.165) is 5.75 Å². The topological polar surface area (TPSA) is 75.7 Å². The number of thioether (sulfide) groups is 1. The molecule has 0 radical (unpaired) electrons. The van der Waals surface area contributed by atoms with Crippen molar-refractivity contribution in [1.82, 2.24) is 10.2 Å². The van der Waals surface area contributed by atoms with Gasteiger partial charge in [0.15, 0.2) is 6.10 Å². The number of esters is 1. The number of nitrogens with zero attached hydrogens (tertiary/aromatic N) is 1. The predicted molar refractivity (Wildman–Crippen MR) is 72.9 cm³/mol. The predicted octanol–water partition coefficient (Wildman–Crippen LogP) is 1.00. The van der Waals surface area contributed by atoms with Gasteiger partial charge in [0.2, 0.25) is 0 Å². The van der Waals surface area contributed by atoms with E-state index in [1.165, 1.54) is 18.7 Å². The molecule has 0 aromatic carbocycles. The number of carbonyl (C=O) groups excluding carboxylic acids is 3. The SMILES string of the molecule is CC(C)NC(=O)[C@H](C)OC(=O)CCN1CCSC1=O. The molecule has 2 amide bonds. The maximum Gasteiger partial charge on any atom is 0.308 e. The van der Waals surface area contributed by atoms with Gasteiger partial charge in [0.05, 0.1) is 6.42 Å². The normalized spacial score (nSPS) is 16.6. The molecule has 6 nitrogen and oxygen atoms in total. The molecule has 1 rings (SSSR count). The standard InChI is InChI=1S/C12H20N2O4S/c1-8(2)13-11(16)9(3)18-10(15)4-5-14-6-7-19-12(14)17/h8-9H,4-7H2,1-3H3,(H,13,16)/t9-/m0/s1. The van der Waals surface area contributed by atoms with Gasteiger partial charge in [0.1, 0.15) is 0 Å². The summed E-state index contributed by atoms with van der Waals surface area (Å²) in [7, 11) is 0. The van der Waals surface area contributed by atoms with Gasteiger partial charge in [-0.25, -0.2) is 0 Å². The van der Waals surface area contributed by atoms with Crippen LogP contribution in [0.5, 0.6) is 0 Å². The Kier molecular flexibility index (Phi) is 6.14. The molecule has 1 atom stereocenters. The van der Waals surface area contributed by atoms with E-state index in [9.17, 15) is 14.4 Å². The van der Waals surface area contributed by atoms with E-state index in [4.69, 9.17) is 4.74 Å². The third-order valence-electron chi connectivity index (χ3n) is 2.54. The fourth-order valence-electron chi connectivity index (χ4n) is 1.57. The Labute approximate surface area is 117 Å². The largest absolute Gasteiger partial charge is 0.452 e. The van der Waals surface area contributed by atoms with E-state index < -0.39 is 12.1 Å². The fraction of sp³-hybridized carbons (Fsp3) is 0.750. The number of hydrogen-bond acceptors (Lipinski definition) is 5. The maximum absolute atomic E-state index is 11.6. The molecule has 1 aliphatic rings. The van der Waals surface area contributed by atoms with Gasteiger partial charge < -0.3 is 15.0 Å². The highest BCUT2D eigenvalue weighted by Crippen LogP contribution is 2.17. The Morgan fingerprint density at radius 2 is 2.11 bits per heavy atom. The Balaban J connectivity index is 2.26. The molecule has 0 aliphatic carbocycles. The van der Waals surface area contributed by atoms with Crippen molar-refractivity contribution in [3.8, 4) is 0 Å². The van der Waals surface area contributed by atoms with Crippen molar-refractivity contribution < 1.29 is 19.1 Å². The minimum absolute atomic E-state index is 0.00148. The van der Waals surface area contributed by atoms with Gasteiger partial charge in [-0.15, -0.1) is 0 Å². The fourth-order valence-corrected chi connectivity index (χ4v) is 2.42. The summed E-state index contributed by atoms with van der Waals surface area (Å²) in [6.07, 6.45) is -0.690. The van der Waals surface area contributed by atoms with Gasteiger partial charge in [0.25, 0.3) is 11.1 Å². The molecule has 0 unspecified atom stereocenters. The number of ether oxygens (including phenoxy) is 1. The number of rotatable bonds is 6. The first kappa shape index (κ1) is 15.8. The van der Waals surface area contributed by atoms with Gasteiger partial charge in [-0.1, -0.05) is 11.8 Å². The van der Waals surface area contributed by atoms with Crippen LogP contribution < -0.4 is 5.32 Å². The second kappa shape index (κ2) is 7.37. The molecule has 0 saturated carbocycles. The monoisotopic (exact) mass is 288 g/mol. The highest BCUT2D eigenvalue weighted by Gasteiger charge is 2.23. The summed E-state index contributed by atoms with van der Waals surface area (Å²) in [6.45, 7) is 6.22. The van der Waals surface area contributed by atoms with Gasteiger partial charge in [-0.2, -0.15) is 0 Å². The zero-order chi connectivity index (χ0) is 14.4.